The molecule has 5 rings (SSSR count). The van der Waals surface area contributed by atoms with Crippen LogP contribution in [0.25, 0.3) is 22.6 Å². The Morgan fingerprint density at radius 2 is 1.97 bits per heavy atom. The molecule has 0 atom stereocenters. The zero-order chi connectivity index (χ0) is 23.7. The molecule has 34 heavy (non-hydrogen) atoms. The van der Waals surface area contributed by atoms with Gasteiger partial charge in [-0.2, -0.15) is 0 Å². The second-order valence-corrected chi connectivity index (χ2v) is 9.23. The number of benzene rings is 2. The molecule has 0 amide bonds. The highest BCUT2D eigenvalue weighted by Gasteiger charge is 2.22. The Morgan fingerprint density at radius 3 is 2.71 bits per heavy atom. The number of aromatic nitrogens is 3. The third-order valence-corrected chi connectivity index (χ3v) is 6.49. The number of methoxy groups -OCH3 is 1. The molecule has 0 saturated carbocycles. The summed E-state index contributed by atoms with van der Waals surface area (Å²) in [7, 11) is 1.66. The molecule has 1 aliphatic rings. The van der Waals surface area contributed by atoms with Gasteiger partial charge in [0.05, 0.1) is 24.1 Å². The van der Waals surface area contributed by atoms with Crippen LogP contribution in [0.4, 0.5) is 5.69 Å². The van der Waals surface area contributed by atoms with Crippen LogP contribution in [0.1, 0.15) is 16.8 Å². The van der Waals surface area contributed by atoms with E-state index in [1.165, 1.54) is 0 Å². The molecule has 2 aromatic carbocycles. The number of nitrogens with one attached hydrogen (secondary N) is 1. The fraction of sp³-hybridized carbons (Fsp3) is 0.192. The summed E-state index contributed by atoms with van der Waals surface area (Å²) < 4.78 is 6.45. The monoisotopic (exact) mass is 517 g/mol. The van der Waals surface area contributed by atoms with Gasteiger partial charge in [-0.25, -0.2) is 4.98 Å². The van der Waals surface area contributed by atoms with Crippen LogP contribution in [-0.2, 0) is 19.5 Å². The van der Waals surface area contributed by atoms with Crippen molar-refractivity contribution < 1.29 is 4.74 Å². The predicted molar refractivity (Wildman–Crippen MR) is 136 cm³/mol. The smallest absolute Gasteiger partial charge is 0.255 e. The van der Waals surface area contributed by atoms with Crippen molar-refractivity contribution >= 4 is 21.6 Å². The van der Waals surface area contributed by atoms with Crippen molar-refractivity contribution in [2.24, 2.45) is 0 Å². The van der Waals surface area contributed by atoms with Gasteiger partial charge in [-0.15, -0.1) is 0 Å². The maximum absolute atomic E-state index is 12.8. The van der Waals surface area contributed by atoms with Crippen LogP contribution in [0.5, 0.6) is 5.75 Å². The standard InChI is InChI=1S/C26H24BrN5O2/c1-34-24-9-5-18(27)12-20(24)22-8-2-16(13-29-22)14-32-11-10-23-21(15-32)26(33)31-25(30-23)17-3-6-19(28)7-4-17/h2-9,12-13H,10-11,14-15,28H2,1H3,(H,30,31,33). The van der Waals surface area contributed by atoms with Gasteiger partial charge in [-0.05, 0) is 54.1 Å². The first-order chi connectivity index (χ1) is 16.5. The summed E-state index contributed by atoms with van der Waals surface area (Å²) in [6.45, 7) is 2.09. The zero-order valence-corrected chi connectivity index (χ0v) is 20.3. The molecule has 4 aromatic rings. The number of nitrogens with two attached hydrogens (primary N) is 1. The van der Waals surface area contributed by atoms with E-state index in [4.69, 9.17) is 15.5 Å². The van der Waals surface area contributed by atoms with Gasteiger partial charge >= 0.3 is 0 Å². The number of fused-ring (bicyclic) bond motifs is 1. The summed E-state index contributed by atoms with van der Waals surface area (Å²) in [5, 5.41) is 0. The van der Waals surface area contributed by atoms with Crippen LogP contribution < -0.4 is 16.0 Å². The van der Waals surface area contributed by atoms with Crippen LogP contribution in [0.3, 0.4) is 0 Å². The van der Waals surface area contributed by atoms with E-state index in [9.17, 15) is 4.79 Å². The largest absolute Gasteiger partial charge is 0.496 e. The van der Waals surface area contributed by atoms with E-state index < -0.39 is 0 Å². The Bertz CT molecular complexity index is 1380. The van der Waals surface area contributed by atoms with E-state index in [0.717, 1.165) is 56.8 Å². The average molecular weight is 518 g/mol. The highest BCUT2D eigenvalue weighted by atomic mass is 79.9. The highest BCUT2D eigenvalue weighted by molar-refractivity contribution is 9.10. The lowest BCUT2D eigenvalue weighted by Crippen LogP contribution is -2.35. The Kier molecular flexibility index (Phi) is 6.17. The highest BCUT2D eigenvalue weighted by Crippen LogP contribution is 2.31. The topological polar surface area (TPSA) is 97.1 Å². The Balaban J connectivity index is 1.32. The van der Waals surface area contributed by atoms with Crippen molar-refractivity contribution in [1.29, 1.82) is 0 Å². The lowest BCUT2D eigenvalue weighted by atomic mass is 10.1. The number of pyridine rings is 1. The molecule has 0 bridgehead atoms. The molecule has 0 fully saturated rings. The minimum absolute atomic E-state index is 0.0863. The molecule has 2 aromatic heterocycles. The normalized spacial score (nSPS) is 13.5. The number of H-pyrrole nitrogens is 1. The van der Waals surface area contributed by atoms with Crippen molar-refractivity contribution in [3.8, 4) is 28.4 Å². The van der Waals surface area contributed by atoms with Crippen molar-refractivity contribution in [1.82, 2.24) is 19.9 Å². The molecule has 0 radical (unpaired) electrons. The van der Waals surface area contributed by atoms with E-state index in [2.05, 4.69) is 36.9 Å². The van der Waals surface area contributed by atoms with Gasteiger partial charge in [-0.1, -0.05) is 22.0 Å². The summed E-state index contributed by atoms with van der Waals surface area (Å²) in [6, 6.07) is 17.3. The maximum Gasteiger partial charge on any atom is 0.255 e. The third kappa shape index (κ3) is 4.60. The van der Waals surface area contributed by atoms with E-state index in [0.29, 0.717) is 24.6 Å². The second-order valence-electron chi connectivity index (χ2n) is 8.32. The number of aromatic amines is 1. The van der Waals surface area contributed by atoms with Gasteiger partial charge in [0.15, 0.2) is 0 Å². The molecule has 0 spiro atoms. The van der Waals surface area contributed by atoms with Crippen LogP contribution in [0, 0.1) is 0 Å². The molecule has 3 heterocycles. The molecule has 0 unspecified atom stereocenters. The average Bonchev–Trinajstić information content (AvgIpc) is 2.85. The lowest BCUT2D eigenvalue weighted by molar-refractivity contribution is 0.241. The molecule has 3 N–H and O–H groups in total. The minimum atomic E-state index is -0.0863. The molecule has 1 aliphatic heterocycles. The Morgan fingerprint density at radius 1 is 1.15 bits per heavy atom. The molecule has 172 valence electrons. The first kappa shape index (κ1) is 22.3. The number of nitrogens with zero attached hydrogens (tertiary/aromatic N) is 3. The number of rotatable bonds is 5. The first-order valence-electron chi connectivity index (χ1n) is 11.0. The van der Waals surface area contributed by atoms with Gasteiger partial charge in [0.1, 0.15) is 11.6 Å². The van der Waals surface area contributed by atoms with Crippen molar-refractivity contribution in [3.05, 3.63) is 92.4 Å². The van der Waals surface area contributed by atoms with Crippen molar-refractivity contribution in [2.75, 3.05) is 19.4 Å². The number of nitrogen functional groups attached to an aromatic ring is 1. The molecular formula is C26H24BrN5O2. The van der Waals surface area contributed by atoms with Gasteiger partial charge in [0, 0.05) is 53.5 Å². The summed E-state index contributed by atoms with van der Waals surface area (Å²) in [5.41, 5.74) is 11.7. The molecular weight excluding hydrogens is 494 g/mol. The zero-order valence-electron chi connectivity index (χ0n) is 18.7. The molecule has 0 saturated heterocycles. The summed E-state index contributed by atoms with van der Waals surface area (Å²) in [6.07, 6.45) is 2.61. The summed E-state index contributed by atoms with van der Waals surface area (Å²) >= 11 is 3.51. The second kappa shape index (κ2) is 9.40. The van der Waals surface area contributed by atoms with Crippen LogP contribution in [0.15, 0.2) is 70.1 Å². The van der Waals surface area contributed by atoms with Gasteiger partial charge in [-0.3, -0.25) is 14.7 Å². The third-order valence-electron chi connectivity index (χ3n) is 6.00. The number of ether oxygens (including phenoxy) is 1. The van der Waals surface area contributed by atoms with E-state index in [1.54, 1.807) is 7.11 Å². The molecule has 7 nitrogen and oxygen atoms in total. The number of hydrogen-bond donors (Lipinski definition) is 2. The summed E-state index contributed by atoms with van der Waals surface area (Å²) in [4.78, 5) is 27.4. The number of hydrogen-bond acceptors (Lipinski definition) is 6. The maximum atomic E-state index is 12.8. The number of anilines is 1. The van der Waals surface area contributed by atoms with E-state index in [-0.39, 0.29) is 5.56 Å². The number of halogens is 1. The lowest BCUT2D eigenvalue weighted by Gasteiger charge is -2.27. The van der Waals surface area contributed by atoms with Gasteiger partial charge in [0.2, 0.25) is 0 Å². The minimum Gasteiger partial charge on any atom is -0.496 e. The van der Waals surface area contributed by atoms with Crippen molar-refractivity contribution in [3.63, 3.8) is 0 Å². The van der Waals surface area contributed by atoms with E-state index >= 15 is 0 Å². The van der Waals surface area contributed by atoms with Crippen molar-refractivity contribution in [2.45, 2.75) is 19.5 Å². The van der Waals surface area contributed by atoms with Gasteiger partial charge in [0.25, 0.3) is 5.56 Å². The first-order valence-corrected chi connectivity index (χ1v) is 11.8. The predicted octanol–water partition coefficient (Wildman–Crippen LogP) is 4.41. The van der Waals surface area contributed by atoms with Gasteiger partial charge < -0.3 is 15.5 Å². The SMILES string of the molecule is COc1ccc(Br)cc1-c1ccc(CN2CCc3nc(-c4ccc(N)cc4)[nH]c(=O)c3C2)cn1. The van der Waals surface area contributed by atoms with E-state index in [1.807, 2.05) is 54.7 Å². The van der Waals surface area contributed by atoms with Crippen LogP contribution >= 0.6 is 15.9 Å². The quantitative estimate of drug-likeness (QED) is 0.380. The van der Waals surface area contributed by atoms with Crippen LogP contribution in [-0.4, -0.2) is 33.5 Å². The fourth-order valence-electron chi connectivity index (χ4n) is 4.21. The molecule has 8 heteroatoms. The Hall–Kier alpha value is -3.49. The molecule has 0 aliphatic carbocycles. The fourth-order valence-corrected chi connectivity index (χ4v) is 4.57. The Labute approximate surface area is 205 Å². The summed E-state index contributed by atoms with van der Waals surface area (Å²) in [5.74, 6) is 1.36. The van der Waals surface area contributed by atoms with Crippen LogP contribution in [0.2, 0.25) is 0 Å².